The van der Waals surface area contributed by atoms with Crippen molar-refractivity contribution in [3.8, 4) is 0 Å². The van der Waals surface area contributed by atoms with E-state index in [1.165, 1.54) is 0 Å². The lowest BCUT2D eigenvalue weighted by atomic mass is 10.0. The highest BCUT2D eigenvalue weighted by molar-refractivity contribution is 5.98. The Labute approximate surface area is 165 Å². The number of hydrogen-bond donors (Lipinski definition) is 1. The van der Waals surface area contributed by atoms with Crippen molar-refractivity contribution in [2.75, 3.05) is 0 Å². The number of aryl methyl sites for hydroxylation is 1. The third-order valence-electron chi connectivity index (χ3n) is 4.85. The maximum atomic E-state index is 12.7. The number of hydrogen-bond acceptors (Lipinski definition) is 3. The van der Waals surface area contributed by atoms with Crippen LogP contribution >= 0.6 is 0 Å². The van der Waals surface area contributed by atoms with Gasteiger partial charge in [-0.25, -0.2) is 4.79 Å². The number of ether oxygens (including phenoxy) is 1. The molecule has 0 aromatic heterocycles. The molecule has 144 valence electrons. The summed E-state index contributed by atoms with van der Waals surface area (Å²) in [6.45, 7) is 5.83. The van der Waals surface area contributed by atoms with E-state index in [0.717, 1.165) is 21.9 Å². The summed E-state index contributed by atoms with van der Waals surface area (Å²) in [6, 6.07) is 20.5. The first kappa shape index (κ1) is 19.6. The third-order valence-corrected chi connectivity index (χ3v) is 4.85. The minimum Gasteiger partial charge on any atom is -0.459 e. The van der Waals surface area contributed by atoms with Crippen LogP contribution in [-0.4, -0.2) is 17.9 Å². The quantitative estimate of drug-likeness (QED) is 0.638. The fraction of sp³-hybridized carbons (Fsp3) is 0.250. The molecule has 4 heteroatoms. The second-order valence-electron chi connectivity index (χ2n) is 7.26. The molecule has 3 aromatic rings. The van der Waals surface area contributed by atoms with Crippen molar-refractivity contribution >= 4 is 22.6 Å². The molecule has 0 unspecified atom stereocenters. The standard InChI is InChI=1S/C24H25NO3/c1-16(2)22(25-23(26)20-13-6-4-9-17(20)3)24(27)28-15-19-12-8-11-18-10-5-7-14-21(18)19/h4-14,16,22H,15H2,1-3H3,(H,25,26)/t22-/m0/s1. The van der Waals surface area contributed by atoms with Gasteiger partial charge < -0.3 is 10.1 Å². The van der Waals surface area contributed by atoms with Crippen LogP contribution in [-0.2, 0) is 16.1 Å². The van der Waals surface area contributed by atoms with Gasteiger partial charge in [-0.2, -0.15) is 0 Å². The van der Waals surface area contributed by atoms with Gasteiger partial charge in [-0.1, -0.05) is 74.5 Å². The Balaban J connectivity index is 1.71. The fourth-order valence-electron chi connectivity index (χ4n) is 3.20. The summed E-state index contributed by atoms with van der Waals surface area (Å²) >= 11 is 0. The van der Waals surface area contributed by atoms with Gasteiger partial charge in [0.05, 0.1) is 0 Å². The summed E-state index contributed by atoms with van der Waals surface area (Å²) < 4.78 is 5.57. The van der Waals surface area contributed by atoms with Crippen molar-refractivity contribution in [1.82, 2.24) is 5.32 Å². The largest absolute Gasteiger partial charge is 0.459 e. The highest BCUT2D eigenvalue weighted by Gasteiger charge is 2.26. The van der Waals surface area contributed by atoms with E-state index in [9.17, 15) is 9.59 Å². The van der Waals surface area contributed by atoms with Gasteiger partial charge in [-0.3, -0.25) is 4.79 Å². The van der Waals surface area contributed by atoms with Crippen LogP contribution in [0.5, 0.6) is 0 Å². The van der Waals surface area contributed by atoms with E-state index in [4.69, 9.17) is 4.74 Å². The van der Waals surface area contributed by atoms with Gasteiger partial charge in [0, 0.05) is 5.56 Å². The predicted octanol–water partition coefficient (Wildman–Crippen LogP) is 4.65. The van der Waals surface area contributed by atoms with E-state index in [2.05, 4.69) is 5.32 Å². The van der Waals surface area contributed by atoms with E-state index in [0.29, 0.717) is 5.56 Å². The Morgan fingerprint density at radius 2 is 1.61 bits per heavy atom. The molecule has 0 heterocycles. The molecule has 0 radical (unpaired) electrons. The molecule has 3 aromatic carbocycles. The smallest absolute Gasteiger partial charge is 0.329 e. The van der Waals surface area contributed by atoms with Crippen molar-refractivity contribution in [3.63, 3.8) is 0 Å². The second-order valence-corrected chi connectivity index (χ2v) is 7.26. The second kappa shape index (κ2) is 8.70. The Bertz CT molecular complexity index is 989. The molecule has 0 bridgehead atoms. The normalized spacial score (nSPS) is 12.0. The summed E-state index contributed by atoms with van der Waals surface area (Å²) in [5.41, 5.74) is 2.38. The zero-order chi connectivity index (χ0) is 20.1. The molecule has 0 spiro atoms. The van der Waals surface area contributed by atoms with Crippen molar-refractivity contribution in [3.05, 3.63) is 83.4 Å². The Kier molecular flexibility index (Phi) is 6.09. The molecule has 0 fully saturated rings. The van der Waals surface area contributed by atoms with Crippen LogP contribution in [0.15, 0.2) is 66.7 Å². The summed E-state index contributed by atoms with van der Waals surface area (Å²) in [5, 5.41) is 4.99. The van der Waals surface area contributed by atoms with Gasteiger partial charge >= 0.3 is 5.97 Å². The van der Waals surface area contributed by atoms with Crippen molar-refractivity contribution in [2.24, 2.45) is 5.92 Å². The fourth-order valence-corrected chi connectivity index (χ4v) is 3.20. The average molecular weight is 375 g/mol. The van der Waals surface area contributed by atoms with Crippen LogP contribution in [0, 0.1) is 12.8 Å². The van der Waals surface area contributed by atoms with Crippen LogP contribution in [0.25, 0.3) is 10.8 Å². The molecule has 0 saturated carbocycles. The highest BCUT2D eigenvalue weighted by Crippen LogP contribution is 2.20. The first-order chi connectivity index (χ1) is 13.5. The molecule has 4 nitrogen and oxygen atoms in total. The van der Waals surface area contributed by atoms with E-state index < -0.39 is 12.0 Å². The lowest BCUT2D eigenvalue weighted by Gasteiger charge is -2.21. The number of nitrogens with one attached hydrogen (secondary N) is 1. The molecule has 0 saturated heterocycles. The predicted molar refractivity (Wildman–Crippen MR) is 111 cm³/mol. The maximum absolute atomic E-state index is 12.7. The molecule has 1 atom stereocenters. The molecule has 3 rings (SSSR count). The molecular formula is C24H25NO3. The summed E-state index contributed by atoms with van der Waals surface area (Å²) in [4.78, 5) is 25.3. The highest BCUT2D eigenvalue weighted by atomic mass is 16.5. The van der Waals surface area contributed by atoms with Crippen molar-refractivity contribution in [1.29, 1.82) is 0 Å². The summed E-state index contributed by atoms with van der Waals surface area (Å²) in [5.74, 6) is -0.781. The zero-order valence-electron chi connectivity index (χ0n) is 16.4. The van der Waals surface area contributed by atoms with Crippen LogP contribution < -0.4 is 5.32 Å². The van der Waals surface area contributed by atoms with Gasteiger partial charge in [0.25, 0.3) is 5.91 Å². The van der Waals surface area contributed by atoms with Gasteiger partial charge in [0.1, 0.15) is 12.6 Å². The molecule has 28 heavy (non-hydrogen) atoms. The Morgan fingerprint density at radius 3 is 2.36 bits per heavy atom. The topological polar surface area (TPSA) is 55.4 Å². The van der Waals surface area contributed by atoms with Crippen LogP contribution in [0.2, 0.25) is 0 Å². The SMILES string of the molecule is Cc1ccccc1C(=O)N[C@H](C(=O)OCc1cccc2ccccc12)C(C)C. The molecule has 0 aliphatic heterocycles. The summed E-state index contributed by atoms with van der Waals surface area (Å²) in [6.07, 6.45) is 0. The van der Waals surface area contributed by atoms with Gasteiger partial charge in [0.15, 0.2) is 0 Å². The number of rotatable bonds is 6. The number of amides is 1. The van der Waals surface area contributed by atoms with E-state index in [1.54, 1.807) is 6.07 Å². The lowest BCUT2D eigenvalue weighted by molar-refractivity contribution is -0.148. The monoisotopic (exact) mass is 375 g/mol. The van der Waals surface area contributed by atoms with E-state index >= 15 is 0 Å². The summed E-state index contributed by atoms with van der Waals surface area (Å²) in [7, 11) is 0. The molecule has 0 aliphatic rings. The number of benzene rings is 3. The molecule has 0 aliphatic carbocycles. The van der Waals surface area contributed by atoms with E-state index in [-0.39, 0.29) is 18.4 Å². The minimum atomic E-state index is -0.706. The van der Waals surface area contributed by atoms with Gasteiger partial charge in [-0.15, -0.1) is 0 Å². The van der Waals surface area contributed by atoms with E-state index in [1.807, 2.05) is 81.4 Å². The Morgan fingerprint density at radius 1 is 0.929 bits per heavy atom. The van der Waals surface area contributed by atoms with Crippen LogP contribution in [0.3, 0.4) is 0 Å². The lowest BCUT2D eigenvalue weighted by Crippen LogP contribution is -2.45. The first-order valence-electron chi connectivity index (χ1n) is 9.47. The first-order valence-corrected chi connectivity index (χ1v) is 9.47. The van der Waals surface area contributed by atoms with Gasteiger partial charge in [-0.05, 0) is 40.8 Å². The van der Waals surface area contributed by atoms with Crippen LogP contribution in [0.4, 0.5) is 0 Å². The minimum absolute atomic E-state index is 0.0898. The Hall–Kier alpha value is -3.14. The van der Waals surface area contributed by atoms with Gasteiger partial charge in [0.2, 0.25) is 0 Å². The number of esters is 1. The number of fused-ring (bicyclic) bond motifs is 1. The maximum Gasteiger partial charge on any atom is 0.329 e. The van der Waals surface area contributed by atoms with Crippen molar-refractivity contribution in [2.45, 2.75) is 33.4 Å². The molecule has 1 N–H and O–H groups in total. The van der Waals surface area contributed by atoms with Crippen molar-refractivity contribution < 1.29 is 14.3 Å². The van der Waals surface area contributed by atoms with Crippen LogP contribution in [0.1, 0.15) is 35.3 Å². The average Bonchev–Trinajstić information content (AvgIpc) is 2.70. The molecule has 1 amide bonds. The number of carbonyl (C=O) groups is 2. The number of carbonyl (C=O) groups excluding carboxylic acids is 2. The zero-order valence-corrected chi connectivity index (χ0v) is 16.4. The third kappa shape index (κ3) is 4.39. The molecular weight excluding hydrogens is 350 g/mol.